The maximum absolute atomic E-state index is 13.3. The molecule has 0 unspecified atom stereocenters. The average Bonchev–Trinajstić information content (AvgIpc) is 2.28. The van der Waals surface area contributed by atoms with Crippen molar-refractivity contribution in [1.82, 2.24) is 4.72 Å². The van der Waals surface area contributed by atoms with Crippen molar-refractivity contribution in [3.63, 3.8) is 0 Å². The molecule has 0 saturated heterocycles. The molecular weight excluding hydrogens is 243 g/mol. The van der Waals surface area contributed by atoms with E-state index in [1.807, 2.05) is 0 Å². The molecule has 17 heavy (non-hydrogen) atoms. The molecule has 1 aromatic rings. The van der Waals surface area contributed by atoms with Gasteiger partial charge in [-0.2, -0.15) is 0 Å². The van der Waals surface area contributed by atoms with Crippen molar-refractivity contribution in [3.8, 4) is 12.3 Å². The number of hydrogen-bond donors (Lipinski definition) is 2. The van der Waals surface area contributed by atoms with E-state index in [4.69, 9.17) is 12.2 Å². The van der Waals surface area contributed by atoms with E-state index in [2.05, 4.69) is 10.6 Å². The fourth-order valence-corrected chi connectivity index (χ4v) is 2.39. The summed E-state index contributed by atoms with van der Waals surface area (Å²) in [5.41, 5.74) is 5.61. The summed E-state index contributed by atoms with van der Waals surface area (Å²) < 4.78 is 39.0. The summed E-state index contributed by atoms with van der Waals surface area (Å²) in [7, 11) is -3.87. The van der Waals surface area contributed by atoms with Crippen LogP contribution in [0.1, 0.15) is 12.8 Å². The van der Waals surface area contributed by atoms with Gasteiger partial charge in [-0.05, 0) is 24.6 Å². The molecule has 0 aliphatic rings. The maximum atomic E-state index is 13.3. The molecule has 92 valence electrons. The van der Waals surface area contributed by atoms with Crippen molar-refractivity contribution in [2.75, 3.05) is 12.3 Å². The molecule has 0 spiro atoms. The van der Waals surface area contributed by atoms with Crippen LogP contribution in [0.3, 0.4) is 0 Å². The Morgan fingerprint density at radius 3 is 2.82 bits per heavy atom. The number of halogens is 1. The lowest BCUT2D eigenvalue weighted by molar-refractivity contribution is 0.556. The molecule has 0 atom stereocenters. The van der Waals surface area contributed by atoms with Gasteiger partial charge in [0.25, 0.3) is 0 Å². The minimum absolute atomic E-state index is 0.167. The third-order valence-corrected chi connectivity index (χ3v) is 3.51. The molecule has 0 amide bonds. The predicted octanol–water partition coefficient (Wildman–Crippen LogP) is 1.10. The van der Waals surface area contributed by atoms with Crippen LogP contribution >= 0.6 is 0 Å². The molecule has 0 saturated carbocycles. The molecule has 0 aromatic heterocycles. The van der Waals surface area contributed by atoms with Gasteiger partial charge < -0.3 is 5.73 Å². The topological polar surface area (TPSA) is 72.2 Å². The number of rotatable bonds is 5. The van der Waals surface area contributed by atoms with Crippen molar-refractivity contribution < 1.29 is 12.8 Å². The van der Waals surface area contributed by atoms with Crippen molar-refractivity contribution in [1.29, 1.82) is 0 Å². The molecule has 4 nitrogen and oxygen atoms in total. The summed E-state index contributed by atoms with van der Waals surface area (Å²) in [5.74, 6) is 1.56. The molecule has 0 radical (unpaired) electrons. The van der Waals surface area contributed by atoms with E-state index < -0.39 is 20.7 Å². The van der Waals surface area contributed by atoms with Gasteiger partial charge in [0.2, 0.25) is 10.0 Å². The summed E-state index contributed by atoms with van der Waals surface area (Å²) in [6, 6.07) is 3.40. The molecular formula is C11H13FN2O2S. The predicted molar refractivity (Wildman–Crippen MR) is 64.1 cm³/mol. The summed E-state index contributed by atoms with van der Waals surface area (Å²) in [4.78, 5) is -0.446. The van der Waals surface area contributed by atoms with Crippen LogP contribution in [0.25, 0.3) is 0 Å². The first-order chi connectivity index (χ1) is 7.97. The molecule has 0 bridgehead atoms. The van der Waals surface area contributed by atoms with Gasteiger partial charge in [-0.3, -0.25) is 0 Å². The number of benzene rings is 1. The second-order valence-electron chi connectivity index (χ2n) is 3.40. The normalized spacial score (nSPS) is 11.1. The Morgan fingerprint density at radius 1 is 1.47 bits per heavy atom. The second kappa shape index (κ2) is 5.66. The minimum Gasteiger partial charge on any atom is -0.399 e. The maximum Gasteiger partial charge on any atom is 0.243 e. The highest BCUT2D eigenvalue weighted by molar-refractivity contribution is 7.89. The van der Waals surface area contributed by atoms with E-state index in [0.29, 0.717) is 12.8 Å². The highest BCUT2D eigenvalue weighted by Gasteiger charge is 2.18. The zero-order valence-corrected chi connectivity index (χ0v) is 9.93. The number of unbranched alkanes of at least 4 members (excludes halogenated alkanes) is 1. The van der Waals surface area contributed by atoms with Crippen molar-refractivity contribution in [2.45, 2.75) is 17.7 Å². The van der Waals surface area contributed by atoms with Crippen LogP contribution in [-0.2, 0) is 10.0 Å². The van der Waals surface area contributed by atoms with E-state index in [0.717, 1.165) is 12.1 Å². The first-order valence-electron chi connectivity index (χ1n) is 4.95. The average molecular weight is 256 g/mol. The van der Waals surface area contributed by atoms with Gasteiger partial charge in [0, 0.05) is 18.7 Å². The third kappa shape index (κ3) is 3.73. The van der Waals surface area contributed by atoms with Crippen LogP contribution in [0.4, 0.5) is 10.1 Å². The van der Waals surface area contributed by atoms with Crippen molar-refractivity contribution in [3.05, 3.63) is 24.0 Å². The Labute approximate surface area is 100 Å². The van der Waals surface area contributed by atoms with Crippen LogP contribution in [0.15, 0.2) is 23.1 Å². The number of nitrogens with two attached hydrogens (primary N) is 1. The van der Waals surface area contributed by atoms with Gasteiger partial charge in [-0.1, -0.05) is 0 Å². The van der Waals surface area contributed by atoms with Crippen LogP contribution in [0.2, 0.25) is 0 Å². The monoisotopic (exact) mass is 256 g/mol. The lowest BCUT2D eigenvalue weighted by atomic mass is 10.3. The Morgan fingerprint density at radius 2 is 2.18 bits per heavy atom. The SMILES string of the molecule is C#CCCCNS(=O)(=O)c1cc(N)ccc1F. The summed E-state index contributed by atoms with van der Waals surface area (Å²) in [6.45, 7) is 0.167. The zero-order chi connectivity index (χ0) is 12.9. The van der Waals surface area contributed by atoms with Crippen LogP contribution < -0.4 is 10.5 Å². The van der Waals surface area contributed by atoms with Gasteiger partial charge in [-0.15, -0.1) is 12.3 Å². The molecule has 0 heterocycles. The van der Waals surface area contributed by atoms with Crippen LogP contribution in [-0.4, -0.2) is 15.0 Å². The number of anilines is 1. The highest BCUT2D eigenvalue weighted by Crippen LogP contribution is 2.17. The molecule has 6 heteroatoms. The van der Waals surface area contributed by atoms with E-state index >= 15 is 0 Å². The quantitative estimate of drug-likeness (QED) is 0.471. The number of nitrogen functional groups attached to an aromatic ring is 1. The highest BCUT2D eigenvalue weighted by atomic mass is 32.2. The summed E-state index contributed by atoms with van der Waals surface area (Å²) >= 11 is 0. The summed E-state index contributed by atoms with van der Waals surface area (Å²) in [5, 5.41) is 0. The van der Waals surface area contributed by atoms with Crippen LogP contribution in [0.5, 0.6) is 0 Å². The minimum atomic E-state index is -3.87. The fourth-order valence-electron chi connectivity index (χ4n) is 1.20. The number of nitrogens with one attached hydrogen (secondary N) is 1. The lowest BCUT2D eigenvalue weighted by Gasteiger charge is -2.07. The second-order valence-corrected chi connectivity index (χ2v) is 5.13. The lowest BCUT2D eigenvalue weighted by Crippen LogP contribution is -2.25. The summed E-state index contributed by atoms with van der Waals surface area (Å²) in [6.07, 6.45) is 5.99. The first-order valence-corrected chi connectivity index (χ1v) is 6.44. The molecule has 0 aliphatic heterocycles. The molecule has 3 N–H and O–H groups in total. The number of terminal acetylenes is 1. The standard InChI is InChI=1S/C11H13FN2O2S/c1-2-3-4-7-14-17(15,16)11-8-9(13)5-6-10(11)12/h1,5-6,8,14H,3-4,7,13H2. The van der Waals surface area contributed by atoms with Gasteiger partial charge >= 0.3 is 0 Å². The van der Waals surface area contributed by atoms with Gasteiger partial charge in [0.15, 0.2) is 0 Å². The fraction of sp³-hybridized carbons (Fsp3) is 0.273. The van der Waals surface area contributed by atoms with Crippen LogP contribution in [0, 0.1) is 18.2 Å². The van der Waals surface area contributed by atoms with Crippen molar-refractivity contribution >= 4 is 15.7 Å². The Balaban J connectivity index is 2.83. The van der Waals surface area contributed by atoms with Gasteiger partial charge in [-0.25, -0.2) is 17.5 Å². The Bertz CT molecular complexity index is 535. The molecule has 1 aromatic carbocycles. The van der Waals surface area contributed by atoms with Crippen molar-refractivity contribution in [2.24, 2.45) is 0 Å². The molecule has 0 aliphatic carbocycles. The first kappa shape index (κ1) is 13.5. The Kier molecular flexibility index (Phi) is 4.49. The van der Waals surface area contributed by atoms with E-state index in [9.17, 15) is 12.8 Å². The smallest absolute Gasteiger partial charge is 0.243 e. The van der Waals surface area contributed by atoms with E-state index in [-0.39, 0.29) is 12.2 Å². The third-order valence-electron chi connectivity index (χ3n) is 2.03. The zero-order valence-electron chi connectivity index (χ0n) is 9.11. The number of hydrogen-bond acceptors (Lipinski definition) is 3. The van der Waals surface area contributed by atoms with Gasteiger partial charge in [0.1, 0.15) is 10.7 Å². The van der Waals surface area contributed by atoms with E-state index in [1.165, 1.54) is 6.07 Å². The van der Waals surface area contributed by atoms with Gasteiger partial charge in [0.05, 0.1) is 0 Å². The molecule has 1 rings (SSSR count). The molecule has 0 fully saturated rings. The largest absolute Gasteiger partial charge is 0.399 e. The number of sulfonamides is 1. The van der Waals surface area contributed by atoms with E-state index in [1.54, 1.807) is 0 Å². The Hall–Kier alpha value is -1.58.